The van der Waals surface area contributed by atoms with Crippen molar-refractivity contribution >= 4 is 10.0 Å². The van der Waals surface area contributed by atoms with Crippen LogP contribution in [0.4, 0.5) is 4.39 Å². The first-order valence-electron chi connectivity index (χ1n) is 5.22. The summed E-state index contributed by atoms with van der Waals surface area (Å²) in [5.74, 6) is -0.744. The molecule has 0 aliphatic carbocycles. The fraction of sp³-hybridized carbons (Fsp3) is 0.364. The van der Waals surface area contributed by atoms with Crippen molar-refractivity contribution < 1.29 is 12.8 Å². The molecule has 7 heteroatoms. The topological polar surface area (TPSA) is 87.2 Å². The van der Waals surface area contributed by atoms with Crippen LogP contribution in [0.1, 0.15) is 12.5 Å². The molecule has 5 nitrogen and oxygen atoms in total. The number of nitrogens with two attached hydrogens (primary N) is 1. The summed E-state index contributed by atoms with van der Waals surface area (Å²) in [7, 11) is -2.37. The molecule has 0 radical (unpaired) electrons. The van der Waals surface area contributed by atoms with E-state index < -0.39 is 15.8 Å². The van der Waals surface area contributed by atoms with E-state index in [-0.39, 0.29) is 23.0 Å². The van der Waals surface area contributed by atoms with E-state index in [9.17, 15) is 12.8 Å². The average molecular weight is 271 g/mol. The summed E-state index contributed by atoms with van der Waals surface area (Å²) in [5.41, 5.74) is 5.11. The van der Waals surface area contributed by atoms with Crippen LogP contribution in [-0.4, -0.2) is 32.4 Å². The molecule has 0 fully saturated rings. The first-order valence-corrected chi connectivity index (χ1v) is 6.66. The van der Waals surface area contributed by atoms with Crippen LogP contribution >= 0.6 is 0 Å². The highest BCUT2D eigenvalue weighted by Crippen LogP contribution is 2.19. The molecule has 18 heavy (non-hydrogen) atoms. The lowest BCUT2D eigenvalue weighted by Gasteiger charge is -2.23. The lowest BCUT2D eigenvalue weighted by Crippen LogP contribution is -2.39. The lowest BCUT2D eigenvalue weighted by atomic mass is 10.2. The summed E-state index contributed by atoms with van der Waals surface area (Å²) in [6.07, 6.45) is 0. The van der Waals surface area contributed by atoms with Crippen LogP contribution in [-0.2, 0) is 10.0 Å². The number of hydrogen-bond donors (Lipinski definition) is 1. The van der Waals surface area contributed by atoms with Crippen LogP contribution in [0.2, 0.25) is 0 Å². The minimum Gasteiger partial charge on any atom is -0.329 e. The second-order valence-electron chi connectivity index (χ2n) is 3.86. The van der Waals surface area contributed by atoms with E-state index in [0.29, 0.717) is 0 Å². The minimum absolute atomic E-state index is 0.122. The molecule has 1 rings (SSSR count). The zero-order valence-electron chi connectivity index (χ0n) is 10.1. The summed E-state index contributed by atoms with van der Waals surface area (Å²) in [5, 5.41) is 8.68. The molecule has 0 bridgehead atoms. The van der Waals surface area contributed by atoms with E-state index in [4.69, 9.17) is 11.0 Å². The molecule has 1 atom stereocenters. The molecular weight excluding hydrogens is 257 g/mol. The molecule has 0 heterocycles. The van der Waals surface area contributed by atoms with E-state index in [2.05, 4.69) is 0 Å². The summed E-state index contributed by atoms with van der Waals surface area (Å²) < 4.78 is 38.5. The molecule has 0 aliphatic heterocycles. The normalized spacial score (nSPS) is 13.3. The van der Waals surface area contributed by atoms with Gasteiger partial charge in [-0.1, -0.05) is 0 Å². The minimum atomic E-state index is -3.76. The molecule has 0 spiro atoms. The smallest absolute Gasteiger partial charge is 0.243 e. The Morgan fingerprint density at radius 2 is 2.17 bits per heavy atom. The van der Waals surface area contributed by atoms with E-state index in [1.807, 2.05) is 0 Å². The molecule has 2 N–H and O–H groups in total. The van der Waals surface area contributed by atoms with Crippen LogP contribution in [0.5, 0.6) is 0 Å². The standard InChI is InChI=1S/C11H14FN3O2S/c1-8(6-13)15(2)18(16,17)10-3-4-11(12)9(5-10)7-14/h3-5,8H,6,13H2,1-2H3. The lowest BCUT2D eigenvalue weighted by molar-refractivity contribution is 0.394. The predicted molar refractivity (Wildman–Crippen MR) is 64.6 cm³/mol. The third-order valence-electron chi connectivity index (χ3n) is 2.70. The van der Waals surface area contributed by atoms with Gasteiger partial charge in [-0.05, 0) is 25.1 Å². The number of hydrogen-bond acceptors (Lipinski definition) is 4. The van der Waals surface area contributed by atoms with Crippen molar-refractivity contribution in [2.75, 3.05) is 13.6 Å². The van der Waals surface area contributed by atoms with Crippen molar-refractivity contribution in [2.24, 2.45) is 5.73 Å². The number of likely N-dealkylation sites (N-methyl/N-ethyl adjacent to an activating group) is 1. The molecule has 0 saturated heterocycles. The second kappa shape index (κ2) is 5.44. The highest BCUT2D eigenvalue weighted by atomic mass is 32.2. The Morgan fingerprint density at radius 3 is 2.67 bits per heavy atom. The molecular formula is C11H14FN3O2S. The number of sulfonamides is 1. The van der Waals surface area contributed by atoms with Crippen LogP contribution < -0.4 is 5.73 Å². The van der Waals surface area contributed by atoms with Crippen molar-refractivity contribution in [1.29, 1.82) is 5.26 Å². The third-order valence-corrected chi connectivity index (χ3v) is 4.66. The summed E-state index contributed by atoms with van der Waals surface area (Å²) in [4.78, 5) is -0.122. The fourth-order valence-electron chi connectivity index (χ4n) is 1.30. The van der Waals surface area contributed by atoms with Crippen molar-refractivity contribution in [2.45, 2.75) is 17.9 Å². The summed E-state index contributed by atoms with van der Waals surface area (Å²) in [6, 6.07) is 4.34. The highest BCUT2D eigenvalue weighted by molar-refractivity contribution is 7.89. The van der Waals surface area contributed by atoms with Gasteiger partial charge in [0.25, 0.3) is 0 Å². The van der Waals surface area contributed by atoms with E-state index in [0.717, 1.165) is 22.5 Å². The largest absolute Gasteiger partial charge is 0.329 e. The molecule has 1 aromatic carbocycles. The van der Waals surface area contributed by atoms with Crippen molar-refractivity contribution in [1.82, 2.24) is 4.31 Å². The SMILES string of the molecule is CC(CN)N(C)S(=O)(=O)c1ccc(F)c(C#N)c1. The molecule has 0 saturated carbocycles. The first kappa shape index (κ1) is 14.6. The Morgan fingerprint density at radius 1 is 1.56 bits per heavy atom. The Labute approximate surface area is 106 Å². The van der Waals surface area contributed by atoms with Gasteiger partial charge in [-0.15, -0.1) is 0 Å². The maximum atomic E-state index is 13.1. The Bertz CT molecular complexity index is 580. The number of halogens is 1. The van der Waals surface area contributed by atoms with Gasteiger partial charge < -0.3 is 5.73 Å². The van der Waals surface area contributed by atoms with Gasteiger partial charge in [-0.25, -0.2) is 12.8 Å². The number of nitrogens with zero attached hydrogens (tertiary/aromatic N) is 2. The zero-order valence-corrected chi connectivity index (χ0v) is 10.9. The maximum absolute atomic E-state index is 13.1. The van der Waals surface area contributed by atoms with Crippen LogP contribution in [0, 0.1) is 17.1 Å². The molecule has 1 unspecified atom stereocenters. The van der Waals surface area contributed by atoms with Crippen LogP contribution in [0.3, 0.4) is 0 Å². The van der Waals surface area contributed by atoms with Crippen molar-refractivity contribution in [3.63, 3.8) is 0 Å². The van der Waals surface area contributed by atoms with Gasteiger partial charge in [0.05, 0.1) is 10.5 Å². The molecule has 98 valence electrons. The van der Waals surface area contributed by atoms with E-state index >= 15 is 0 Å². The van der Waals surface area contributed by atoms with Gasteiger partial charge in [-0.2, -0.15) is 9.57 Å². The number of rotatable bonds is 4. The number of nitriles is 1. The van der Waals surface area contributed by atoms with Gasteiger partial charge in [0.1, 0.15) is 11.9 Å². The number of benzene rings is 1. The van der Waals surface area contributed by atoms with Crippen molar-refractivity contribution in [3.05, 3.63) is 29.6 Å². The molecule has 1 aromatic rings. The highest BCUT2D eigenvalue weighted by Gasteiger charge is 2.25. The Kier molecular flexibility index (Phi) is 4.40. The van der Waals surface area contributed by atoms with E-state index in [1.165, 1.54) is 7.05 Å². The molecule has 0 amide bonds. The Balaban J connectivity index is 3.26. The average Bonchev–Trinajstić information content (AvgIpc) is 2.37. The predicted octanol–water partition coefficient (Wildman–Crippen LogP) is 0.665. The second-order valence-corrected chi connectivity index (χ2v) is 5.86. The van der Waals surface area contributed by atoms with E-state index in [1.54, 1.807) is 13.0 Å². The van der Waals surface area contributed by atoms with Crippen LogP contribution in [0.15, 0.2) is 23.1 Å². The first-order chi connectivity index (χ1) is 8.34. The zero-order chi connectivity index (χ0) is 13.9. The maximum Gasteiger partial charge on any atom is 0.243 e. The summed E-state index contributed by atoms with van der Waals surface area (Å²) in [6.45, 7) is 1.83. The van der Waals surface area contributed by atoms with Gasteiger partial charge in [0, 0.05) is 19.6 Å². The molecule has 0 aromatic heterocycles. The van der Waals surface area contributed by atoms with Crippen LogP contribution in [0.25, 0.3) is 0 Å². The quantitative estimate of drug-likeness (QED) is 0.871. The van der Waals surface area contributed by atoms with Gasteiger partial charge >= 0.3 is 0 Å². The fourth-order valence-corrected chi connectivity index (χ4v) is 2.70. The van der Waals surface area contributed by atoms with Crippen molar-refractivity contribution in [3.8, 4) is 6.07 Å². The van der Waals surface area contributed by atoms with Gasteiger partial charge in [0.2, 0.25) is 10.0 Å². The van der Waals surface area contributed by atoms with Gasteiger partial charge in [0.15, 0.2) is 0 Å². The van der Waals surface area contributed by atoms with Gasteiger partial charge in [-0.3, -0.25) is 0 Å². The monoisotopic (exact) mass is 271 g/mol. The molecule has 0 aliphatic rings. The third kappa shape index (κ3) is 2.67. The summed E-state index contributed by atoms with van der Waals surface area (Å²) >= 11 is 0. The Hall–Kier alpha value is -1.49.